The minimum absolute atomic E-state index is 1.19. The van der Waals surface area contributed by atoms with Crippen LogP contribution in [0.15, 0.2) is 0 Å². The van der Waals surface area contributed by atoms with Gasteiger partial charge in [0.15, 0.2) is 0 Å². The van der Waals surface area contributed by atoms with Crippen LogP contribution in [0.4, 0.5) is 0 Å². The van der Waals surface area contributed by atoms with E-state index in [1.165, 1.54) is 84.1 Å². The van der Waals surface area contributed by atoms with Crippen LogP contribution in [0.2, 0.25) is 0 Å². The minimum atomic E-state index is 1.19. The third-order valence-electron chi connectivity index (χ3n) is 3.68. The molecule has 0 spiro atoms. The smallest absolute Gasteiger partial charge is 0.000687 e. The molecule has 18 heavy (non-hydrogen) atoms. The summed E-state index contributed by atoms with van der Waals surface area (Å²) in [6.07, 6.45) is 11.1. The predicted molar refractivity (Wildman–Crippen MR) is 83.3 cm³/mol. The highest BCUT2D eigenvalue weighted by Crippen LogP contribution is 2.06. The highest BCUT2D eigenvalue weighted by Gasteiger charge is 1.97. The molecular formula is C16H36N2. The van der Waals surface area contributed by atoms with Crippen molar-refractivity contribution >= 4 is 0 Å². The van der Waals surface area contributed by atoms with Crippen molar-refractivity contribution in [2.24, 2.45) is 0 Å². The van der Waals surface area contributed by atoms with E-state index in [0.29, 0.717) is 0 Å². The van der Waals surface area contributed by atoms with Crippen LogP contribution >= 0.6 is 0 Å². The van der Waals surface area contributed by atoms with Crippen LogP contribution < -0.4 is 5.32 Å². The molecule has 0 aromatic rings. The minimum Gasteiger partial charge on any atom is -0.317 e. The lowest BCUT2D eigenvalue weighted by Gasteiger charge is -2.17. The molecule has 0 atom stereocenters. The molecule has 0 aliphatic rings. The van der Waals surface area contributed by atoms with E-state index in [4.69, 9.17) is 0 Å². The van der Waals surface area contributed by atoms with Crippen LogP contribution in [0.5, 0.6) is 0 Å². The van der Waals surface area contributed by atoms with Crippen LogP contribution in [-0.4, -0.2) is 37.6 Å². The van der Waals surface area contributed by atoms with Crippen molar-refractivity contribution in [2.75, 3.05) is 32.7 Å². The molecule has 2 nitrogen and oxygen atoms in total. The third kappa shape index (κ3) is 12.4. The van der Waals surface area contributed by atoms with Crippen molar-refractivity contribution < 1.29 is 0 Å². The maximum atomic E-state index is 3.56. The maximum absolute atomic E-state index is 3.56. The van der Waals surface area contributed by atoms with Crippen LogP contribution in [0.3, 0.4) is 0 Å². The first kappa shape index (κ1) is 17.9. The van der Waals surface area contributed by atoms with Crippen LogP contribution in [0.1, 0.15) is 72.1 Å². The first-order chi connectivity index (χ1) is 8.85. The van der Waals surface area contributed by atoms with E-state index in [-0.39, 0.29) is 0 Å². The first-order valence-corrected chi connectivity index (χ1v) is 8.28. The summed E-state index contributed by atoms with van der Waals surface area (Å²) in [7, 11) is 0. The summed E-state index contributed by atoms with van der Waals surface area (Å²) < 4.78 is 0. The lowest BCUT2D eigenvalue weighted by Crippen LogP contribution is -2.27. The molecular weight excluding hydrogens is 220 g/mol. The number of rotatable bonds is 14. The van der Waals surface area contributed by atoms with Gasteiger partial charge in [-0.3, -0.25) is 0 Å². The summed E-state index contributed by atoms with van der Waals surface area (Å²) in [4.78, 5) is 2.50. The van der Waals surface area contributed by atoms with E-state index in [9.17, 15) is 0 Å². The van der Waals surface area contributed by atoms with Gasteiger partial charge in [-0.2, -0.15) is 0 Å². The number of nitrogens with one attached hydrogen (secondary N) is 1. The maximum Gasteiger partial charge on any atom is -0.000687 e. The van der Waals surface area contributed by atoms with E-state index in [1.807, 2.05) is 0 Å². The van der Waals surface area contributed by atoms with E-state index in [1.54, 1.807) is 0 Å². The van der Waals surface area contributed by atoms with E-state index >= 15 is 0 Å². The zero-order chi connectivity index (χ0) is 13.5. The van der Waals surface area contributed by atoms with Crippen molar-refractivity contribution in [3.8, 4) is 0 Å². The Kier molecular flexibility index (Phi) is 14.9. The molecule has 2 heteroatoms. The Balaban J connectivity index is 3.03. The molecule has 0 radical (unpaired) electrons. The fraction of sp³-hybridized carbons (Fsp3) is 1.00. The van der Waals surface area contributed by atoms with E-state index in [0.717, 1.165) is 0 Å². The summed E-state index contributed by atoms with van der Waals surface area (Å²) in [5.74, 6) is 0. The van der Waals surface area contributed by atoms with Gasteiger partial charge >= 0.3 is 0 Å². The normalized spacial score (nSPS) is 11.3. The summed E-state index contributed by atoms with van der Waals surface area (Å²) in [5, 5.41) is 3.56. The van der Waals surface area contributed by atoms with Gasteiger partial charge in [-0.05, 0) is 45.6 Å². The molecule has 0 fully saturated rings. The van der Waals surface area contributed by atoms with Gasteiger partial charge < -0.3 is 10.2 Å². The molecule has 0 aromatic carbocycles. The second kappa shape index (κ2) is 15.0. The first-order valence-electron chi connectivity index (χ1n) is 8.28. The SMILES string of the molecule is CCCCCCCCCNCCCN(CC)CC. The van der Waals surface area contributed by atoms with Crippen molar-refractivity contribution in [3.05, 3.63) is 0 Å². The molecule has 0 aliphatic heterocycles. The van der Waals surface area contributed by atoms with Gasteiger partial charge in [0.05, 0.1) is 0 Å². The van der Waals surface area contributed by atoms with Gasteiger partial charge in [-0.15, -0.1) is 0 Å². The summed E-state index contributed by atoms with van der Waals surface area (Å²) in [6, 6.07) is 0. The lowest BCUT2D eigenvalue weighted by molar-refractivity contribution is 0.298. The van der Waals surface area contributed by atoms with Gasteiger partial charge in [0.2, 0.25) is 0 Å². The number of unbranched alkanes of at least 4 members (excludes halogenated alkanes) is 6. The van der Waals surface area contributed by atoms with Crippen LogP contribution in [0, 0.1) is 0 Å². The molecule has 110 valence electrons. The Morgan fingerprint density at radius 1 is 0.667 bits per heavy atom. The number of nitrogens with zero attached hydrogens (tertiary/aromatic N) is 1. The molecule has 1 N–H and O–H groups in total. The molecule has 0 unspecified atom stereocenters. The fourth-order valence-corrected chi connectivity index (χ4v) is 2.30. The molecule has 0 bridgehead atoms. The quantitative estimate of drug-likeness (QED) is 0.472. The Labute approximate surface area is 116 Å². The standard InChI is InChI=1S/C16H36N2/c1-4-7-8-9-10-11-12-14-17-15-13-16-18(5-2)6-3/h17H,4-16H2,1-3H3. The highest BCUT2D eigenvalue weighted by molar-refractivity contribution is 4.55. The van der Waals surface area contributed by atoms with Crippen molar-refractivity contribution in [3.63, 3.8) is 0 Å². The molecule has 0 saturated carbocycles. The molecule has 0 aliphatic carbocycles. The van der Waals surface area contributed by atoms with Crippen molar-refractivity contribution in [1.82, 2.24) is 10.2 Å². The third-order valence-corrected chi connectivity index (χ3v) is 3.68. The van der Waals surface area contributed by atoms with Gasteiger partial charge in [0.25, 0.3) is 0 Å². The average molecular weight is 256 g/mol. The summed E-state index contributed by atoms with van der Waals surface area (Å²) in [5.41, 5.74) is 0. The number of hydrogen-bond donors (Lipinski definition) is 1. The van der Waals surface area contributed by atoms with E-state index < -0.39 is 0 Å². The van der Waals surface area contributed by atoms with Crippen molar-refractivity contribution in [1.29, 1.82) is 0 Å². The van der Waals surface area contributed by atoms with Crippen LogP contribution in [0.25, 0.3) is 0 Å². The lowest BCUT2D eigenvalue weighted by atomic mass is 10.1. The van der Waals surface area contributed by atoms with Gasteiger partial charge in [0, 0.05) is 0 Å². The molecule has 0 saturated heterocycles. The highest BCUT2D eigenvalue weighted by atomic mass is 15.1. The Morgan fingerprint density at radius 3 is 1.83 bits per heavy atom. The Morgan fingerprint density at radius 2 is 1.22 bits per heavy atom. The monoisotopic (exact) mass is 256 g/mol. The Bertz CT molecular complexity index is 144. The van der Waals surface area contributed by atoms with Crippen molar-refractivity contribution in [2.45, 2.75) is 72.1 Å². The second-order valence-electron chi connectivity index (χ2n) is 5.25. The van der Waals surface area contributed by atoms with Gasteiger partial charge in [0.1, 0.15) is 0 Å². The van der Waals surface area contributed by atoms with Crippen LogP contribution in [-0.2, 0) is 0 Å². The predicted octanol–water partition coefficient (Wildman–Crippen LogP) is 4.06. The van der Waals surface area contributed by atoms with Gasteiger partial charge in [-0.1, -0.05) is 59.3 Å². The zero-order valence-corrected chi connectivity index (χ0v) is 13.1. The molecule has 0 amide bonds. The fourth-order valence-electron chi connectivity index (χ4n) is 2.30. The Hall–Kier alpha value is -0.0800. The number of hydrogen-bond acceptors (Lipinski definition) is 2. The van der Waals surface area contributed by atoms with E-state index in [2.05, 4.69) is 31.0 Å². The zero-order valence-electron chi connectivity index (χ0n) is 13.1. The average Bonchev–Trinajstić information content (AvgIpc) is 2.40. The summed E-state index contributed by atoms with van der Waals surface area (Å²) >= 11 is 0. The molecule has 0 rings (SSSR count). The largest absolute Gasteiger partial charge is 0.317 e. The summed E-state index contributed by atoms with van der Waals surface area (Å²) in [6.45, 7) is 12.8. The van der Waals surface area contributed by atoms with Gasteiger partial charge in [-0.25, -0.2) is 0 Å². The second-order valence-corrected chi connectivity index (χ2v) is 5.25. The molecule has 0 heterocycles. The molecule has 0 aromatic heterocycles. The topological polar surface area (TPSA) is 15.3 Å².